The van der Waals surface area contributed by atoms with Gasteiger partial charge >= 0.3 is 0 Å². The third-order valence-corrected chi connectivity index (χ3v) is 1.01. The number of ketones is 1. The van der Waals surface area contributed by atoms with Crippen molar-refractivity contribution in [1.82, 2.24) is 5.32 Å². The van der Waals surface area contributed by atoms with Crippen LogP contribution in [0.3, 0.4) is 0 Å². The molecule has 1 unspecified atom stereocenters. The van der Waals surface area contributed by atoms with Crippen molar-refractivity contribution in [1.29, 1.82) is 0 Å². The van der Waals surface area contributed by atoms with Crippen LogP contribution >= 0.6 is 0 Å². The van der Waals surface area contributed by atoms with Crippen LogP contribution in [0.1, 0.15) is 0 Å². The molecule has 0 amide bonds. The molecule has 0 radical (unpaired) electrons. The van der Waals surface area contributed by atoms with Crippen molar-refractivity contribution >= 4 is 5.78 Å². The van der Waals surface area contributed by atoms with Gasteiger partial charge in [-0.05, 0) is 0 Å². The molecular weight excluding hydrogens is 94.0 g/mol. The fraction of sp³-hybridized carbons (Fsp3) is 0.750. The van der Waals surface area contributed by atoms with Crippen molar-refractivity contribution in [2.45, 2.75) is 6.10 Å². The fourth-order valence-electron chi connectivity index (χ4n) is 0.564. The van der Waals surface area contributed by atoms with E-state index < -0.39 is 6.10 Å². The van der Waals surface area contributed by atoms with Crippen LogP contribution in [0.5, 0.6) is 0 Å². The Bertz CT molecular complexity index is 91.7. The summed E-state index contributed by atoms with van der Waals surface area (Å²) in [5, 5.41) is 11.3. The van der Waals surface area contributed by atoms with E-state index in [-0.39, 0.29) is 5.78 Å². The van der Waals surface area contributed by atoms with Gasteiger partial charge in [0.25, 0.3) is 0 Å². The number of nitrogens with one attached hydrogen (secondary N) is 1. The van der Waals surface area contributed by atoms with E-state index in [1.54, 1.807) is 0 Å². The number of carbonyl (C=O) groups excluding carboxylic acids is 1. The Kier molecular flexibility index (Phi) is 1.08. The molecule has 0 spiro atoms. The van der Waals surface area contributed by atoms with Crippen LogP contribution in [-0.2, 0) is 4.79 Å². The summed E-state index contributed by atoms with van der Waals surface area (Å²) < 4.78 is 0. The topological polar surface area (TPSA) is 49.3 Å². The van der Waals surface area contributed by atoms with E-state index in [4.69, 9.17) is 5.11 Å². The molecule has 1 atom stereocenters. The van der Waals surface area contributed by atoms with E-state index in [2.05, 4.69) is 5.32 Å². The molecule has 0 aromatic rings. The van der Waals surface area contributed by atoms with Gasteiger partial charge in [-0.25, -0.2) is 0 Å². The first-order chi connectivity index (χ1) is 3.30. The lowest BCUT2D eigenvalue weighted by molar-refractivity contribution is -0.122. The molecule has 3 heteroatoms. The first-order valence-electron chi connectivity index (χ1n) is 2.22. The molecule has 0 aliphatic carbocycles. The lowest BCUT2D eigenvalue weighted by atomic mass is 10.3. The molecule has 0 aromatic heterocycles. The van der Waals surface area contributed by atoms with Gasteiger partial charge in [-0.15, -0.1) is 0 Å². The number of rotatable bonds is 0. The predicted octanol–water partition coefficient (Wildman–Crippen LogP) is -1.48. The van der Waals surface area contributed by atoms with E-state index in [1.165, 1.54) is 0 Å². The molecule has 7 heavy (non-hydrogen) atoms. The van der Waals surface area contributed by atoms with Gasteiger partial charge in [-0.2, -0.15) is 0 Å². The number of hydrogen-bond acceptors (Lipinski definition) is 3. The highest BCUT2D eigenvalue weighted by atomic mass is 16.3. The highest BCUT2D eigenvalue weighted by Gasteiger charge is 2.19. The molecule has 2 N–H and O–H groups in total. The summed E-state index contributed by atoms with van der Waals surface area (Å²) in [6, 6.07) is 0. The molecule has 1 heterocycles. The van der Waals surface area contributed by atoms with Crippen LogP contribution in [0.2, 0.25) is 0 Å². The molecule has 0 saturated carbocycles. The van der Waals surface area contributed by atoms with Crippen LogP contribution in [-0.4, -0.2) is 30.1 Å². The number of aliphatic hydroxyl groups is 1. The first kappa shape index (κ1) is 4.74. The van der Waals surface area contributed by atoms with E-state index in [0.29, 0.717) is 13.1 Å². The average Bonchev–Trinajstić information content (AvgIpc) is 1.91. The number of hydrogen-bond donors (Lipinski definition) is 2. The van der Waals surface area contributed by atoms with Crippen LogP contribution in [0.4, 0.5) is 0 Å². The standard InChI is InChI=1S/C4H7NO2/c6-3-1-5-2-4(3)7/h3,5-6H,1-2H2. The molecule has 1 aliphatic heterocycles. The van der Waals surface area contributed by atoms with Gasteiger partial charge in [0.1, 0.15) is 6.10 Å². The number of Topliss-reactive ketones (excluding diaryl/α,β-unsaturated/α-hetero) is 1. The van der Waals surface area contributed by atoms with E-state index in [0.717, 1.165) is 0 Å². The molecule has 40 valence electrons. The van der Waals surface area contributed by atoms with Crippen LogP contribution in [0.15, 0.2) is 0 Å². The van der Waals surface area contributed by atoms with Gasteiger partial charge in [-0.1, -0.05) is 0 Å². The molecule has 0 aromatic carbocycles. The van der Waals surface area contributed by atoms with Crippen molar-refractivity contribution < 1.29 is 9.90 Å². The quantitative estimate of drug-likeness (QED) is 0.391. The lowest BCUT2D eigenvalue weighted by Crippen LogP contribution is -2.16. The number of aliphatic hydroxyl groups excluding tert-OH is 1. The minimum atomic E-state index is -0.736. The largest absolute Gasteiger partial charge is 0.384 e. The second-order valence-corrected chi connectivity index (χ2v) is 1.61. The third-order valence-electron chi connectivity index (χ3n) is 1.01. The summed E-state index contributed by atoms with van der Waals surface area (Å²) in [5.41, 5.74) is 0. The van der Waals surface area contributed by atoms with E-state index >= 15 is 0 Å². The Morgan fingerprint density at radius 2 is 2.57 bits per heavy atom. The second-order valence-electron chi connectivity index (χ2n) is 1.61. The minimum Gasteiger partial charge on any atom is -0.384 e. The van der Waals surface area contributed by atoms with Gasteiger partial charge in [0.2, 0.25) is 0 Å². The zero-order valence-corrected chi connectivity index (χ0v) is 3.85. The summed E-state index contributed by atoms with van der Waals surface area (Å²) in [5.74, 6) is -0.0972. The first-order valence-corrected chi connectivity index (χ1v) is 2.22. The normalized spacial score (nSPS) is 31.6. The van der Waals surface area contributed by atoms with Gasteiger partial charge in [0, 0.05) is 6.54 Å². The number of carbonyl (C=O) groups is 1. The van der Waals surface area contributed by atoms with Gasteiger partial charge in [-0.3, -0.25) is 4.79 Å². The summed E-state index contributed by atoms with van der Waals surface area (Å²) in [7, 11) is 0. The Hall–Kier alpha value is -0.410. The highest BCUT2D eigenvalue weighted by molar-refractivity contribution is 5.86. The third kappa shape index (κ3) is 0.783. The zero-order valence-electron chi connectivity index (χ0n) is 3.85. The van der Waals surface area contributed by atoms with Gasteiger partial charge < -0.3 is 10.4 Å². The monoisotopic (exact) mass is 101 g/mol. The molecular formula is C4H7NO2. The summed E-state index contributed by atoms with van der Waals surface area (Å²) >= 11 is 0. The van der Waals surface area contributed by atoms with Crippen LogP contribution < -0.4 is 5.32 Å². The smallest absolute Gasteiger partial charge is 0.176 e. The van der Waals surface area contributed by atoms with Crippen molar-refractivity contribution in [2.75, 3.05) is 13.1 Å². The summed E-state index contributed by atoms with van der Waals surface area (Å²) in [6.07, 6.45) is -0.736. The Labute approximate surface area is 41.3 Å². The maximum atomic E-state index is 10.3. The lowest BCUT2D eigenvalue weighted by Gasteiger charge is -1.89. The average molecular weight is 101 g/mol. The molecule has 1 rings (SSSR count). The summed E-state index contributed by atoms with van der Waals surface area (Å²) in [4.78, 5) is 10.3. The van der Waals surface area contributed by atoms with Crippen LogP contribution in [0.25, 0.3) is 0 Å². The Morgan fingerprint density at radius 3 is 2.71 bits per heavy atom. The summed E-state index contributed by atoms with van der Waals surface area (Å²) in [6.45, 7) is 0.764. The molecule has 1 aliphatic rings. The Morgan fingerprint density at radius 1 is 1.86 bits per heavy atom. The van der Waals surface area contributed by atoms with Gasteiger partial charge in [0.05, 0.1) is 6.54 Å². The highest BCUT2D eigenvalue weighted by Crippen LogP contribution is 1.88. The van der Waals surface area contributed by atoms with E-state index in [1.807, 2.05) is 0 Å². The zero-order chi connectivity index (χ0) is 5.28. The van der Waals surface area contributed by atoms with Crippen molar-refractivity contribution in [3.8, 4) is 0 Å². The minimum absolute atomic E-state index is 0.0972. The predicted molar refractivity (Wildman–Crippen MR) is 23.9 cm³/mol. The molecule has 0 bridgehead atoms. The van der Waals surface area contributed by atoms with E-state index in [9.17, 15) is 4.79 Å². The molecule has 1 saturated heterocycles. The maximum Gasteiger partial charge on any atom is 0.176 e. The maximum absolute atomic E-state index is 10.3. The van der Waals surface area contributed by atoms with Gasteiger partial charge in [0.15, 0.2) is 5.78 Å². The second kappa shape index (κ2) is 1.60. The Balaban J connectivity index is 2.48. The van der Waals surface area contributed by atoms with Crippen molar-refractivity contribution in [2.24, 2.45) is 0 Å². The number of β-amino-alcohol motifs (C(OH)–C–C–N with tert-alkyl or cyclic N) is 1. The molecule has 3 nitrogen and oxygen atoms in total. The van der Waals surface area contributed by atoms with Crippen molar-refractivity contribution in [3.63, 3.8) is 0 Å². The van der Waals surface area contributed by atoms with Crippen molar-refractivity contribution in [3.05, 3.63) is 0 Å². The van der Waals surface area contributed by atoms with Crippen LogP contribution in [0, 0.1) is 0 Å². The molecule has 1 fully saturated rings. The fourth-order valence-corrected chi connectivity index (χ4v) is 0.564. The SMILES string of the molecule is O=C1CNCC1O.